The van der Waals surface area contributed by atoms with Gasteiger partial charge in [0.2, 0.25) is 5.91 Å². The molecule has 0 bridgehead atoms. The van der Waals surface area contributed by atoms with Gasteiger partial charge in [-0.05, 0) is 43.4 Å². The molecule has 33 heavy (non-hydrogen) atoms. The first kappa shape index (κ1) is 21.2. The summed E-state index contributed by atoms with van der Waals surface area (Å²) in [6.07, 6.45) is 0.276. The second-order valence-corrected chi connectivity index (χ2v) is 9.15. The van der Waals surface area contributed by atoms with Crippen LogP contribution in [0.4, 0.5) is 5.69 Å². The molecule has 0 spiro atoms. The van der Waals surface area contributed by atoms with Crippen molar-refractivity contribution in [2.24, 2.45) is 0 Å². The van der Waals surface area contributed by atoms with Gasteiger partial charge in [0, 0.05) is 29.8 Å². The third-order valence-electron chi connectivity index (χ3n) is 5.32. The fraction of sp³-hybridized carbons (Fsp3) is 0.120. The van der Waals surface area contributed by atoms with Crippen molar-refractivity contribution in [2.75, 3.05) is 5.32 Å². The number of aromatic nitrogens is 4. The Labute approximate surface area is 200 Å². The average molecular weight is 472 g/mol. The lowest BCUT2D eigenvalue weighted by Gasteiger charge is -2.09. The number of carbonyl (C=O) groups is 1. The number of anilines is 1. The van der Waals surface area contributed by atoms with Gasteiger partial charge >= 0.3 is 0 Å². The van der Waals surface area contributed by atoms with E-state index < -0.39 is 0 Å². The summed E-state index contributed by atoms with van der Waals surface area (Å²) in [5, 5.41) is 11.1. The molecule has 0 aliphatic heterocycles. The Bertz CT molecular complexity index is 1460. The van der Waals surface area contributed by atoms with Crippen LogP contribution in [0.15, 0.2) is 72.8 Å². The maximum atomic E-state index is 12.7. The largest absolute Gasteiger partial charge is 0.326 e. The molecule has 0 saturated heterocycles. The van der Waals surface area contributed by atoms with Crippen molar-refractivity contribution >= 4 is 45.4 Å². The summed E-state index contributed by atoms with van der Waals surface area (Å²) in [6.45, 7) is 2.47. The summed E-state index contributed by atoms with van der Waals surface area (Å²) in [4.78, 5) is 17.4. The summed E-state index contributed by atoms with van der Waals surface area (Å²) in [5.74, 6) is 0.639. The molecule has 6 nitrogen and oxygen atoms in total. The molecule has 0 radical (unpaired) electrons. The Kier molecular flexibility index (Phi) is 5.85. The number of hydrogen-bond acceptors (Lipinski definition) is 5. The predicted molar refractivity (Wildman–Crippen MR) is 136 cm³/mol. The average Bonchev–Trinajstić information content (AvgIpc) is 3.42. The zero-order valence-electron chi connectivity index (χ0n) is 17.9. The molecule has 0 fully saturated rings. The number of hydrogen-bond donors (Lipinski definition) is 2. The lowest BCUT2D eigenvalue weighted by molar-refractivity contribution is -0.116. The van der Waals surface area contributed by atoms with E-state index in [1.807, 2.05) is 78.2 Å². The number of carbonyl (C=O) groups excluding carboxylic acids is 1. The molecule has 5 rings (SSSR count). The van der Waals surface area contributed by atoms with Crippen LogP contribution in [0, 0.1) is 11.7 Å². The first-order valence-corrected chi connectivity index (χ1v) is 11.8. The van der Waals surface area contributed by atoms with E-state index in [9.17, 15) is 4.79 Å². The predicted octanol–water partition coefficient (Wildman–Crippen LogP) is 6.22. The summed E-state index contributed by atoms with van der Waals surface area (Å²) < 4.78 is 3.50. The normalized spacial score (nSPS) is 11.1. The molecule has 2 N–H and O–H groups in total. The Morgan fingerprint density at radius 2 is 1.88 bits per heavy atom. The van der Waals surface area contributed by atoms with Gasteiger partial charge in [-0.1, -0.05) is 54.1 Å². The smallest absolute Gasteiger partial charge is 0.226 e. The van der Waals surface area contributed by atoms with Crippen molar-refractivity contribution in [1.82, 2.24) is 19.7 Å². The number of para-hydroxylation sites is 1. The zero-order valence-corrected chi connectivity index (χ0v) is 19.5. The van der Waals surface area contributed by atoms with Crippen LogP contribution in [0.1, 0.15) is 12.0 Å². The minimum absolute atomic E-state index is 0.0885. The van der Waals surface area contributed by atoms with E-state index in [0.717, 1.165) is 37.9 Å². The van der Waals surface area contributed by atoms with Gasteiger partial charge in [-0.25, -0.2) is 4.98 Å². The van der Waals surface area contributed by atoms with Gasteiger partial charge in [-0.2, -0.15) is 5.10 Å². The number of nitrogens with one attached hydrogen (secondary N) is 2. The highest BCUT2D eigenvalue weighted by atomic mass is 32.1. The van der Waals surface area contributed by atoms with E-state index >= 15 is 0 Å². The van der Waals surface area contributed by atoms with E-state index in [0.29, 0.717) is 11.3 Å². The summed E-state index contributed by atoms with van der Waals surface area (Å²) in [7, 11) is 0. The molecular weight excluding hydrogens is 450 g/mol. The van der Waals surface area contributed by atoms with E-state index in [1.165, 1.54) is 5.56 Å². The van der Waals surface area contributed by atoms with Gasteiger partial charge in [-0.3, -0.25) is 14.5 Å². The van der Waals surface area contributed by atoms with Crippen LogP contribution in [-0.2, 0) is 11.3 Å². The molecular formula is C25H21N5OS2. The molecule has 0 unspecified atom stereocenters. The maximum absolute atomic E-state index is 12.7. The quantitative estimate of drug-likeness (QED) is 0.288. The lowest BCUT2D eigenvalue weighted by atomic mass is 10.1. The molecule has 0 saturated carbocycles. The number of aryl methyl sites for hydroxylation is 1. The number of thiazole rings is 1. The van der Waals surface area contributed by atoms with Crippen molar-refractivity contribution in [3.8, 4) is 22.0 Å². The molecule has 164 valence electrons. The molecule has 0 atom stereocenters. The molecule has 0 aliphatic rings. The summed E-state index contributed by atoms with van der Waals surface area (Å²) in [6, 6.07) is 23.9. The highest BCUT2D eigenvalue weighted by Crippen LogP contribution is 2.31. The van der Waals surface area contributed by atoms with E-state index in [1.54, 1.807) is 11.3 Å². The van der Waals surface area contributed by atoms with Gasteiger partial charge < -0.3 is 5.32 Å². The van der Waals surface area contributed by atoms with Gasteiger partial charge in [0.25, 0.3) is 0 Å². The second-order valence-electron chi connectivity index (χ2n) is 7.74. The molecule has 5 aromatic rings. The number of H-pyrrole nitrogens is 1. The minimum Gasteiger partial charge on any atom is -0.326 e. The van der Waals surface area contributed by atoms with Crippen LogP contribution in [0.25, 0.3) is 32.2 Å². The molecule has 1 amide bonds. The van der Waals surface area contributed by atoms with E-state index in [4.69, 9.17) is 17.2 Å². The van der Waals surface area contributed by atoms with E-state index in [2.05, 4.69) is 21.6 Å². The van der Waals surface area contributed by atoms with Crippen LogP contribution in [0.5, 0.6) is 0 Å². The van der Waals surface area contributed by atoms with E-state index in [-0.39, 0.29) is 12.3 Å². The highest BCUT2D eigenvalue weighted by molar-refractivity contribution is 7.71. The lowest BCUT2D eigenvalue weighted by Crippen LogP contribution is -2.15. The minimum atomic E-state index is -0.0885. The van der Waals surface area contributed by atoms with Gasteiger partial charge in [0.15, 0.2) is 10.6 Å². The van der Waals surface area contributed by atoms with Crippen LogP contribution in [-0.4, -0.2) is 25.7 Å². The van der Waals surface area contributed by atoms with Crippen molar-refractivity contribution in [3.63, 3.8) is 0 Å². The Balaban J connectivity index is 1.29. The number of aromatic amines is 1. The first-order valence-electron chi connectivity index (χ1n) is 10.5. The monoisotopic (exact) mass is 471 g/mol. The summed E-state index contributed by atoms with van der Waals surface area (Å²) in [5.41, 5.74) is 4.83. The first-order chi connectivity index (χ1) is 16.1. The van der Waals surface area contributed by atoms with Gasteiger partial charge in [0.1, 0.15) is 5.01 Å². The number of amides is 1. The second kappa shape index (κ2) is 9.09. The third kappa shape index (κ3) is 4.62. The van der Waals surface area contributed by atoms with Crippen molar-refractivity contribution in [2.45, 2.75) is 19.9 Å². The van der Waals surface area contributed by atoms with Crippen LogP contribution >= 0.6 is 23.6 Å². The SMILES string of the molecule is Cc1ccc(-c2n[nH]c(=S)n2CCC(=O)Nc2cccc(-c3nc4ccccc4s3)c2)cc1. The zero-order chi connectivity index (χ0) is 22.8. The Morgan fingerprint density at radius 1 is 1.06 bits per heavy atom. The van der Waals surface area contributed by atoms with Crippen molar-refractivity contribution in [1.29, 1.82) is 0 Å². The number of rotatable bonds is 6. The van der Waals surface area contributed by atoms with Gasteiger partial charge in [-0.15, -0.1) is 11.3 Å². The topological polar surface area (TPSA) is 75.6 Å². The molecule has 8 heteroatoms. The third-order valence-corrected chi connectivity index (χ3v) is 6.71. The fourth-order valence-corrected chi connectivity index (χ4v) is 4.80. The van der Waals surface area contributed by atoms with Crippen LogP contribution in [0.2, 0.25) is 0 Å². The van der Waals surface area contributed by atoms with Crippen LogP contribution in [0.3, 0.4) is 0 Å². The van der Waals surface area contributed by atoms with Crippen LogP contribution < -0.4 is 5.32 Å². The maximum Gasteiger partial charge on any atom is 0.226 e. The number of nitrogens with zero attached hydrogens (tertiary/aromatic N) is 3. The van der Waals surface area contributed by atoms with Crippen molar-refractivity contribution in [3.05, 3.63) is 83.1 Å². The molecule has 2 heterocycles. The number of benzene rings is 3. The molecule has 2 aromatic heterocycles. The Morgan fingerprint density at radius 3 is 2.70 bits per heavy atom. The number of fused-ring (bicyclic) bond motifs is 1. The Hall–Kier alpha value is -3.62. The fourth-order valence-electron chi connectivity index (χ4n) is 3.61. The highest BCUT2D eigenvalue weighted by Gasteiger charge is 2.12. The molecule has 0 aliphatic carbocycles. The molecule has 3 aromatic carbocycles. The summed E-state index contributed by atoms with van der Waals surface area (Å²) >= 11 is 7.03. The standard InChI is InChI=1S/C25H21N5OS2/c1-16-9-11-17(12-10-16)23-28-29-25(32)30(23)14-13-22(31)26-19-6-4-5-18(15-19)24-27-20-7-2-3-8-21(20)33-24/h2-12,15H,13-14H2,1H3,(H,26,31)(H,29,32). The van der Waals surface area contributed by atoms with Gasteiger partial charge in [0.05, 0.1) is 10.2 Å². The van der Waals surface area contributed by atoms with Crippen molar-refractivity contribution < 1.29 is 4.79 Å².